The fraction of sp³-hybridized carbons (Fsp3) is 0.800. The van der Waals surface area contributed by atoms with E-state index in [9.17, 15) is 9.90 Å². The van der Waals surface area contributed by atoms with Crippen molar-refractivity contribution in [2.75, 3.05) is 13.1 Å². The topological polar surface area (TPSA) is 99.2 Å². The highest BCUT2D eigenvalue weighted by atomic mass is 16.4. The number of nitrogens with zero attached hydrogens (tertiary/aromatic N) is 2. The number of oxime groups is 1. The largest absolute Gasteiger partial charge is 0.409 e. The molecule has 1 amide bonds. The molecular weight excluding hydrogens is 210 g/mol. The SMILES string of the molecule is CC(C)(C(=O)N1CCCC(O)C1)C(N)=NO. The minimum absolute atomic E-state index is 0.113. The third-order valence-corrected chi connectivity index (χ3v) is 2.97. The molecule has 1 fully saturated rings. The summed E-state index contributed by atoms with van der Waals surface area (Å²) in [5.41, 5.74) is 4.45. The Morgan fingerprint density at radius 3 is 2.69 bits per heavy atom. The number of aliphatic hydroxyl groups excluding tert-OH is 1. The average Bonchev–Trinajstić information content (AvgIpc) is 2.26. The molecule has 92 valence electrons. The van der Waals surface area contributed by atoms with Gasteiger partial charge in [-0.25, -0.2) is 0 Å². The zero-order valence-electron chi connectivity index (χ0n) is 9.68. The first-order valence-corrected chi connectivity index (χ1v) is 5.35. The number of amidine groups is 1. The van der Waals surface area contributed by atoms with E-state index in [1.807, 2.05) is 0 Å². The molecule has 1 heterocycles. The van der Waals surface area contributed by atoms with E-state index in [0.717, 1.165) is 6.42 Å². The number of nitrogens with two attached hydrogens (primary N) is 1. The normalized spacial score (nSPS) is 23.3. The van der Waals surface area contributed by atoms with Gasteiger partial charge in [0.2, 0.25) is 5.91 Å². The highest BCUT2D eigenvalue weighted by Crippen LogP contribution is 2.22. The first-order chi connectivity index (χ1) is 7.39. The van der Waals surface area contributed by atoms with Gasteiger partial charge in [-0.3, -0.25) is 4.79 Å². The summed E-state index contributed by atoms with van der Waals surface area (Å²) in [5, 5.41) is 21.0. The van der Waals surface area contributed by atoms with Gasteiger partial charge in [0.1, 0.15) is 5.41 Å². The highest BCUT2D eigenvalue weighted by Gasteiger charge is 2.37. The third kappa shape index (κ3) is 2.44. The first kappa shape index (κ1) is 12.8. The molecule has 0 saturated carbocycles. The highest BCUT2D eigenvalue weighted by molar-refractivity contribution is 6.05. The maximum atomic E-state index is 12.1. The molecular formula is C10H19N3O3. The van der Waals surface area contributed by atoms with Crippen LogP contribution in [0.5, 0.6) is 0 Å². The molecule has 4 N–H and O–H groups in total. The van der Waals surface area contributed by atoms with E-state index in [2.05, 4.69) is 5.16 Å². The Hall–Kier alpha value is -1.30. The lowest BCUT2D eigenvalue weighted by Crippen LogP contribution is -2.51. The minimum atomic E-state index is -1.04. The Balaban J connectivity index is 2.77. The second-order valence-corrected chi connectivity index (χ2v) is 4.66. The summed E-state index contributed by atoms with van der Waals surface area (Å²) in [4.78, 5) is 13.7. The second-order valence-electron chi connectivity index (χ2n) is 4.66. The van der Waals surface area contributed by atoms with Crippen molar-refractivity contribution in [3.63, 3.8) is 0 Å². The Morgan fingerprint density at radius 1 is 1.56 bits per heavy atom. The molecule has 1 rings (SSSR count). The Kier molecular flexibility index (Phi) is 3.74. The van der Waals surface area contributed by atoms with E-state index < -0.39 is 11.5 Å². The van der Waals surface area contributed by atoms with E-state index in [1.165, 1.54) is 0 Å². The van der Waals surface area contributed by atoms with Gasteiger partial charge >= 0.3 is 0 Å². The number of amides is 1. The van der Waals surface area contributed by atoms with Crippen molar-refractivity contribution in [1.29, 1.82) is 0 Å². The molecule has 0 bridgehead atoms. The third-order valence-electron chi connectivity index (χ3n) is 2.97. The number of carbonyl (C=O) groups is 1. The summed E-state index contributed by atoms with van der Waals surface area (Å²) in [7, 11) is 0. The van der Waals surface area contributed by atoms with E-state index in [0.29, 0.717) is 19.5 Å². The molecule has 1 unspecified atom stereocenters. The van der Waals surface area contributed by atoms with Crippen LogP contribution < -0.4 is 5.73 Å². The van der Waals surface area contributed by atoms with Crippen molar-refractivity contribution in [1.82, 2.24) is 4.90 Å². The number of β-amino-alcohol motifs (C(OH)–C–C–N with tert-alkyl or cyclic N) is 1. The molecule has 0 aromatic rings. The summed E-state index contributed by atoms with van der Waals surface area (Å²) >= 11 is 0. The number of hydrogen-bond acceptors (Lipinski definition) is 4. The second kappa shape index (κ2) is 4.69. The lowest BCUT2D eigenvalue weighted by atomic mass is 9.89. The molecule has 0 spiro atoms. The molecule has 0 aromatic carbocycles. The van der Waals surface area contributed by atoms with Crippen LogP contribution in [-0.4, -0.2) is 46.1 Å². The number of carbonyl (C=O) groups excluding carboxylic acids is 1. The summed E-state index contributed by atoms with van der Waals surface area (Å²) in [6.45, 7) is 4.13. The van der Waals surface area contributed by atoms with Gasteiger partial charge < -0.3 is 20.9 Å². The van der Waals surface area contributed by atoms with Gasteiger partial charge in [0.05, 0.1) is 6.10 Å². The number of likely N-dealkylation sites (tertiary alicyclic amines) is 1. The van der Waals surface area contributed by atoms with Crippen LogP contribution in [0.1, 0.15) is 26.7 Å². The monoisotopic (exact) mass is 229 g/mol. The van der Waals surface area contributed by atoms with E-state index >= 15 is 0 Å². The summed E-state index contributed by atoms with van der Waals surface area (Å²) < 4.78 is 0. The maximum Gasteiger partial charge on any atom is 0.236 e. The van der Waals surface area contributed by atoms with Gasteiger partial charge in [0.25, 0.3) is 0 Å². The van der Waals surface area contributed by atoms with Crippen molar-refractivity contribution >= 4 is 11.7 Å². The molecule has 1 aliphatic rings. The van der Waals surface area contributed by atoms with Crippen molar-refractivity contribution < 1.29 is 15.1 Å². The van der Waals surface area contributed by atoms with Gasteiger partial charge in [-0.1, -0.05) is 5.16 Å². The predicted molar refractivity (Wildman–Crippen MR) is 59.0 cm³/mol. The molecule has 1 aliphatic heterocycles. The summed E-state index contributed by atoms with van der Waals surface area (Å²) in [6, 6.07) is 0. The van der Waals surface area contributed by atoms with Crippen LogP contribution in [0.3, 0.4) is 0 Å². The molecule has 1 saturated heterocycles. The fourth-order valence-electron chi connectivity index (χ4n) is 1.77. The molecule has 16 heavy (non-hydrogen) atoms. The van der Waals surface area contributed by atoms with Crippen molar-refractivity contribution in [3.8, 4) is 0 Å². The first-order valence-electron chi connectivity index (χ1n) is 5.35. The lowest BCUT2D eigenvalue weighted by Gasteiger charge is -2.35. The smallest absolute Gasteiger partial charge is 0.236 e. The molecule has 0 radical (unpaired) electrons. The number of rotatable bonds is 2. The zero-order chi connectivity index (χ0) is 12.3. The number of piperidine rings is 1. The predicted octanol–water partition coefficient (Wildman–Crippen LogP) is -0.258. The van der Waals surface area contributed by atoms with E-state index in [4.69, 9.17) is 10.9 Å². The van der Waals surface area contributed by atoms with Gasteiger partial charge in [-0.05, 0) is 26.7 Å². The van der Waals surface area contributed by atoms with Crippen LogP contribution in [-0.2, 0) is 4.79 Å². The molecule has 6 nitrogen and oxygen atoms in total. The summed E-state index contributed by atoms with van der Waals surface area (Å²) in [5.74, 6) is -0.334. The van der Waals surface area contributed by atoms with Crippen molar-refractivity contribution in [2.24, 2.45) is 16.3 Å². The van der Waals surface area contributed by atoms with Crippen molar-refractivity contribution in [3.05, 3.63) is 0 Å². The van der Waals surface area contributed by atoms with Gasteiger partial charge in [0.15, 0.2) is 5.84 Å². The number of hydrogen-bond donors (Lipinski definition) is 3. The van der Waals surface area contributed by atoms with E-state index in [-0.39, 0.29) is 11.7 Å². The van der Waals surface area contributed by atoms with Crippen LogP contribution >= 0.6 is 0 Å². The fourth-order valence-corrected chi connectivity index (χ4v) is 1.77. The average molecular weight is 229 g/mol. The molecule has 0 aromatic heterocycles. The van der Waals surface area contributed by atoms with Crippen LogP contribution in [0.4, 0.5) is 0 Å². The van der Waals surface area contributed by atoms with E-state index in [1.54, 1.807) is 18.7 Å². The van der Waals surface area contributed by atoms with Crippen LogP contribution in [0.25, 0.3) is 0 Å². The van der Waals surface area contributed by atoms with Crippen LogP contribution in [0.2, 0.25) is 0 Å². The van der Waals surface area contributed by atoms with Crippen molar-refractivity contribution in [2.45, 2.75) is 32.8 Å². The van der Waals surface area contributed by atoms with Gasteiger partial charge in [-0.15, -0.1) is 0 Å². The number of aliphatic hydroxyl groups is 1. The standard InChI is InChI=1S/C10H19N3O3/c1-10(2,8(11)12-16)9(15)13-5-3-4-7(14)6-13/h7,14,16H,3-6H2,1-2H3,(H2,11,12). The maximum absolute atomic E-state index is 12.1. The quantitative estimate of drug-likeness (QED) is 0.263. The van der Waals surface area contributed by atoms with Gasteiger partial charge in [0, 0.05) is 13.1 Å². The zero-order valence-corrected chi connectivity index (χ0v) is 9.68. The summed E-state index contributed by atoms with van der Waals surface area (Å²) in [6.07, 6.45) is 1.02. The molecule has 6 heteroatoms. The van der Waals surface area contributed by atoms with Crippen LogP contribution in [0.15, 0.2) is 5.16 Å². The van der Waals surface area contributed by atoms with Crippen LogP contribution in [0, 0.1) is 5.41 Å². The molecule has 0 aliphatic carbocycles. The lowest BCUT2D eigenvalue weighted by molar-refractivity contribution is -0.140. The minimum Gasteiger partial charge on any atom is -0.409 e. The Morgan fingerprint density at radius 2 is 2.19 bits per heavy atom. The Labute approximate surface area is 94.7 Å². The molecule has 1 atom stereocenters. The van der Waals surface area contributed by atoms with Gasteiger partial charge in [-0.2, -0.15) is 0 Å². The Bertz CT molecular complexity index is 302.